The lowest BCUT2D eigenvalue weighted by atomic mass is 10.0. The molecule has 0 atom stereocenters. The van der Waals surface area contributed by atoms with Crippen LogP contribution < -0.4 is 4.74 Å². The summed E-state index contributed by atoms with van der Waals surface area (Å²) in [6.45, 7) is 1.81. The molecule has 1 aliphatic rings. The number of hydrogen-bond acceptors (Lipinski definition) is 6. The van der Waals surface area contributed by atoms with Gasteiger partial charge in [-0.1, -0.05) is 53.2 Å². The van der Waals surface area contributed by atoms with Crippen molar-refractivity contribution in [2.24, 2.45) is 0 Å². The van der Waals surface area contributed by atoms with Gasteiger partial charge in [-0.25, -0.2) is 9.78 Å². The van der Waals surface area contributed by atoms with Gasteiger partial charge in [-0.3, -0.25) is 0 Å². The Kier molecular flexibility index (Phi) is 7.67. The predicted molar refractivity (Wildman–Crippen MR) is 144 cm³/mol. The maximum absolute atomic E-state index is 14.0. The van der Waals surface area contributed by atoms with E-state index in [1.54, 1.807) is 24.3 Å². The molecule has 1 fully saturated rings. The van der Waals surface area contributed by atoms with Gasteiger partial charge in [0.05, 0.1) is 23.3 Å². The van der Waals surface area contributed by atoms with Crippen LogP contribution in [0.15, 0.2) is 59.1 Å². The predicted octanol–water partition coefficient (Wildman–Crippen LogP) is 8.13. The molecule has 0 amide bonds. The first-order valence-electron chi connectivity index (χ1n) is 12.5. The molecular formula is C30H24ClF3N2O4. The normalized spacial score (nSPS) is 13.6. The van der Waals surface area contributed by atoms with E-state index in [1.165, 1.54) is 37.5 Å². The number of pyridine rings is 1. The van der Waals surface area contributed by atoms with Gasteiger partial charge in [-0.05, 0) is 55.2 Å². The van der Waals surface area contributed by atoms with Crippen molar-refractivity contribution in [1.29, 1.82) is 0 Å². The first-order chi connectivity index (χ1) is 19.2. The van der Waals surface area contributed by atoms with Gasteiger partial charge in [0.1, 0.15) is 18.1 Å². The fourth-order valence-corrected chi connectivity index (χ4v) is 4.68. The molecule has 0 bridgehead atoms. The van der Waals surface area contributed by atoms with E-state index in [9.17, 15) is 18.0 Å². The fraction of sp³-hybridized carbons (Fsp3) is 0.233. The van der Waals surface area contributed by atoms with Gasteiger partial charge in [-0.15, -0.1) is 0 Å². The number of halogens is 4. The van der Waals surface area contributed by atoms with E-state index in [0.717, 1.165) is 18.4 Å². The number of esters is 1. The van der Waals surface area contributed by atoms with E-state index in [0.29, 0.717) is 33.2 Å². The number of aryl methyl sites for hydroxylation is 1. The molecule has 0 unspecified atom stereocenters. The Morgan fingerprint density at radius 3 is 2.60 bits per heavy atom. The van der Waals surface area contributed by atoms with Gasteiger partial charge < -0.3 is 14.0 Å². The van der Waals surface area contributed by atoms with Crippen molar-refractivity contribution < 1.29 is 32.0 Å². The summed E-state index contributed by atoms with van der Waals surface area (Å²) >= 11 is 6.46. The zero-order valence-electron chi connectivity index (χ0n) is 21.6. The summed E-state index contributed by atoms with van der Waals surface area (Å²) in [6.07, 6.45) is -0.106. The zero-order valence-corrected chi connectivity index (χ0v) is 22.3. The van der Waals surface area contributed by atoms with E-state index < -0.39 is 17.8 Å². The maximum atomic E-state index is 14.0. The summed E-state index contributed by atoms with van der Waals surface area (Å²) in [6, 6.07) is 14.5. The van der Waals surface area contributed by atoms with Crippen LogP contribution in [0.1, 0.15) is 62.8 Å². The third-order valence-electron chi connectivity index (χ3n) is 6.52. The number of carbonyl (C=O) groups is 1. The number of nitrogens with zero attached hydrogens (tertiary/aromatic N) is 2. The van der Waals surface area contributed by atoms with Crippen molar-refractivity contribution in [2.75, 3.05) is 7.11 Å². The number of ether oxygens (including phenoxy) is 2. The Morgan fingerprint density at radius 2 is 1.90 bits per heavy atom. The number of carbonyl (C=O) groups excluding carboxylic acids is 1. The molecule has 0 aliphatic heterocycles. The van der Waals surface area contributed by atoms with Crippen molar-refractivity contribution in [3.8, 4) is 17.1 Å². The van der Waals surface area contributed by atoms with Crippen LogP contribution >= 0.6 is 11.6 Å². The van der Waals surface area contributed by atoms with E-state index in [4.69, 9.17) is 25.6 Å². The lowest BCUT2D eigenvalue weighted by Gasteiger charge is -2.13. The Balaban J connectivity index is 1.43. The topological polar surface area (TPSA) is 74.5 Å². The lowest BCUT2D eigenvalue weighted by Crippen LogP contribution is -2.12. The van der Waals surface area contributed by atoms with Crippen LogP contribution in [0.4, 0.5) is 13.2 Å². The molecule has 2 aromatic carbocycles. The molecule has 1 saturated carbocycles. The third kappa shape index (κ3) is 5.89. The molecule has 2 heterocycles. The minimum atomic E-state index is -4.73. The Morgan fingerprint density at radius 1 is 1.12 bits per heavy atom. The molecule has 40 heavy (non-hydrogen) atoms. The smallest absolute Gasteiger partial charge is 0.434 e. The number of rotatable bonds is 8. The van der Waals surface area contributed by atoms with Crippen molar-refractivity contribution >= 4 is 29.7 Å². The van der Waals surface area contributed by atoms with Crippen molar-refractivity contribution in [3.63, 3.8) is 0 Å². The van der Waals surface area contributed by atoms with Crippen LogP contribution in [0.25, 0.3) is 23.4 Å². The quantitative estimate of drug-likeness (QED) is 0.200. The van der Waals surface area contributed by atoms with E-state index in [1.807, 2.05) is 19.1 Å². The van der Waals surface area contributed by atoms with Gasteiger partial charge in [0.2, 0.25) is 5.88 Å². The van der Waals surface area contributed by atoms with Crippen molar-refractivity contribution in [2.45, 2.75) is 38.5 Å². The molecule has 0 radical (unpaired) electrons. The highest BCUT2D eigenvalue weighted by Gasteiger charge is 2.36. The second-order valence-corrected chi connectivity index (χ2v) is 9.81. The number of methoxy groups -OCH3 is 1. The lowest BCUT2D eigenvalue weighted by molar-refractivity contribution is -0.141. The van der Waals surface area contributed by atoms with Crippen molar-refractivity contribution in [1.82, 2.24) is 10.1 Å². The Hall–Kier alpha value is -4.11. The van der Waals surface area contributed by atoms with Crippen LogP contribution in [0.5, 0.6) is 5.88 Å². The average Bonchev–Trinajstić information content (AvgIpc) is 3.70. The van der Waals surface area contributed by atoms with Crippen LogP contribution in [-0.2, 0) is 17.5 Å². The van der Waals surface area contributed by atoms with Crippen LogP contribution in [0.3, 0.4) is 0 Å². The minimum absolute atomic E-state index is 0.0882. The summed E-state index contributed by atoms with van der Waals surface area (Å²) in [5.74, 6) is 0.104. The number of alkyl halides is 3. The molecule has 4 aromatic rings. The second kappa shape index (κ2) is 11.2. The Labute approximate surface area is 233 Å². The maximum Gasteiger partial charge on any atom is 0.434 e. The molecule has 6 nitrogen and oxygen atoms in total. The minimum Gasteiger partial charge on any atom is -0.473 e. The van der Waals surface area contributed by atoms with Crippen LogP contribution in [0, 0.1) is 6.92 Å². The summed E-state index contributed by atoms with van der Waals surface area (Å²) < 4.78 is 58.1. The summed E-state index contributed by atoms with van der Waals surface area (Å²) in [5, 5.41) is 4.74. The highest BCUT2D eigenvalue weighted by Crippen LogP contribution is 2.45. The average molecular weight is 569 g/mol. The first-order valence-corrected chi connectivity index (χ1v) is 12.8. The molecule has 10 heteroatoms. The largest absolute Gasteiger partial charge is 0.473 e. The standard InChI is InChI=1S/C30H24ClF3N2O4/c1-17-5-3-8-23(31)25(17)26-22(27(40-36-26)19-11-12-19)16-39-24-14-13-20(28(35-24)30(32,33)34)10-9-18-6-4-7-21(15-18)29(37)38-2/h3-10,13-15,19H,11-12,16H2,1-2H3/b10-9+. The molecule has 0 N–H and O–H groups in total. The van der Waals surface area contributed by atoms with E-state index in [2.05, 4.69) is 10.1 Å². The van der Waals surface area contributed by atoms with Gasteiger partial charge in [-0.2, -0.15) is 13.2 Å². The first kappa shape index (κ1) is 27.5. The highest BCUT2D eigenvalue weighted by atomic mass is 35.5. The summed E-state index contributed by atoms with van der Waals surface area (Å²) in [7, 11) is 1.25. The molecule has 0 saturated heterocycles. The highest BCUT2D eigenvalue weighted by molar-refractivity contribution is 6.33. The number of hydrogen-bond donors (Lipinski definition) is 0. The molecule has 0 spiro atoms. The molecular weight excluding hydrogens is 545 g/mol. The zero-order chi connectivity index (χ0) is 28.4. The third-order valence-corrected chi connectivity index (χ3v) is 6.84. The summed E-state index contributed by atoms with van der Waals surface area (Å²) in [4.78, 5) is 15.6. The molecule has 2 aromatic heterocycles. The molecule has 206 valence electrons. The monoisotopic (exact) mass is 568 g/mol. The Bertz CT molecular complexity index is 1570. The number of aromatic nitrogens is 2. The molecule has 1 aliphatic carbocycles. The molecule has 5 rings (SSSR count). The van der Waals surface area contributed by atoms with Crippen LogP contribution in [0.2, 0.25) is 5.02 Å². The SMILES string of the molecule is COC(=O)c1cccc(/C=C/c2ccc(OCc3c(-c4c(C)cccc4Cl)noc3C3CC3)nc2C(F)(F)F)c1. The van der Waals surface area contributed by atoms with E-state index >= 15 is 0 Å². The van der Waals surface area contributed by atoms with Gasteiger partial charge in [0.15, 0.2) is 5.69 Å². The van der Waals surface area contributed by atoms with Gasteiger partial charge >= 0.3 is 12.1 Å². The van der Waals surface area contributed by atoms with E-state index in [-0.39, 0.29) is 29.5 Å². The van der Waals surface area contributed by atoms with Crippen LogP contribution in [-0.4, -0.2) is 23.2 Å². The summed E-state index contributed by atoms with van der Waals surface area (Å²) in [5.41, 5.74) is 2.29. The fourth-order valence-electron chi connectivity index (χ4n) is 4.37. The number of benzene rings is 2. The van der Waals surface area contributed by atoms with Gasteiger partial charge in [0, 0.05) is 23.1 Å². The van der Waals surface area contributed by atoms with Crippen molar-refractivity contribution in [3.05, 3.63) is 98.9 Å². The second-order valence-electron chi connectivity index (χ2n) is 9.40. The van der Waals surface area contributed by atoms with Gasteiger partial charge in [0.25, 0.3) is 0 Å².